The van der Waals surface area contributed by atoms with Gasteiger partial charge in [0.15, 0.2) is 0 Å². The smallest absolute Gasteiger partial charge is 0.0528 e. The lowest BCUT2D eigenvalue weighted by atomic mass is 9.56. The highest BCUT2D eigenvalue weighted by Gasteiger charge is 2.55. The second-order valence-corrected chi connectivity index (χ2v) is 6.35. The first-order chi connectivity index (χ1) is 7.31. The van der Waals surface area contributed by atoms with Crippen LogP contribution in [0.4, 0.5) is 0 Å². The van der Waals surface area contributed by atoms with E-state index in [1.165, 1.54) is 11.3 Å². The summed E-state index contributed by atoms with van der Waals surface area (Å²) in [5.41, 5.74) is 9.20. The summed E-state index contributed by atoms with van der Waals surface area (Å²) in [4.78, 5) is 0. The number of H-pyrrole nitrogens is 1. The highest BCUT2D eigenvalue weighted by molar-refractivity contribution is 5.40. The zero-order chi connectivity index (χ0) is 12.1. The SMILES string of the molecule is CC(C)C1(C(C)(C)C)c2cn[nH]c2CC1N. The van der Waals surface area contributed by atoms with Crippen molar-refractivity contribution < 1.29 is 0 Å². The third-order valence-electron chi connectivity index (χ3n) is 4.32. The van der Waals surface area contributed by atoms with Gasteiger partial charge in [0.25, 0.3) is 0 Å². The van der Waals surface area contributed by atoms with Gasteiger partial charge in [-0.2, -0.15) is 5.10 Å². The van der Waals surface area contributed by atoms with Gasteiger partial charge in [-0.15, -0.1) is 0 Å². The fourth-order valence-corrected chi connectivity index (χ4v) is 3.97. The average molecular weight is 221 g/mol. The summed E-state index contributed by atoms with van der Waals surface area (Å²) in [5, 5.41) is 7.29. The summed E-state index contributed by atoms with van der Waals surface area (Å²) in [5.74, 6) is 0.515. The molecule has 3 N–H and O–H groups in total. The normalized spacial score (nSPS) is 29.8. The molecule has 0 amide bonds. The third-order valence-corrected chi connectivity index (χ3v) is 4.32. The summed E-state index contributed by atoms with van der Waals surface area (Å²) in [7, 11) is 0. The van der Waals surface area contributed by atoms with Gasteiger partial charge in [-0.05, 0) is 11.3 Å². The number of nitrogens with two attached hydrogens (primary N) is 1. The van der Waals surface area contributed by atoms with E-state index < -0.39 is 0 Å². The molecule has 2 unspecified atom stereocenters. The molecule has 0 saturated heterocycles. The van der Waals surface area contributed by atoms with Crippen LogP contribution < -0.4 is 5.73 Å². The molecule has 1 aromatic rings. The first-order valence-electron chi connectivity index (χ1n) is 6.10. The summed E-state index contributed by atoms with van der Waals surface area (Å²) >= 11 is 0. The maximum atomic E-state index is 6.45. The summed E-state index contributed by atoms with van der Waals surface area (Å²) < 4.78 is 0. The van der Waals surface area contributed by atoms with Crippen molar-refractivity contribution in [1.82, 2.24) is 10.2 Å². The Bertz CT molecular complexity index is 386. The second kappa shape index (κ2) is 3.33. The Hall–Kier alpha value is -0.830. The molecule has 1 heterocycles. The van der Waals surface area contributed by atoms with Gasteiger partial charge in [0, 0.05) is 29.1 Å². The number of nitrogens with zero attached hydrogens (tertiary/aromatic N) is 1. The number of nitrogens with one attached hydrogen (secondary N) is 1. The van der Waals surface area contributed by atoms with Gasteiger partial charge >= 0.3 is 0 Å². The molecule has 1 aromatic heterocycles. The molecule has 1 aliphatic carbocycles. The van der Waals surface area contributed by atoms with E-state index in [-0.39, 0.29) is 16.9 Å². The van der Waals surface area contributed by atoms with Crippen LogP contribution >= 0.6 is 0 Å². The van der Waals surface area contributed by atoms with E-state index in [4.69, 9.17) is 5.73 Å². The van der Waals surface area contributed by atoms with Crippen LogP contribution in [-0.2, 0) is 11.8 Å². The number of hydrogen-bond acceptors (Lipinski definition) is 2. The minimum atomic E-state index is 0.0370. The van der Waals surface area contributed by atoms with Gasteiger partial charge in [-0.3, -0.25) is 5.10 Å². The maximum absolute atomic E-state index is 6.45. The quantitative estimate of drug-likeness (QED) is 0.764. The Morgan fingerprint density at radius 1 is 1.50 bits per heavy atom. The van der Waals surface area contributed by atoms with Crippen LogP contribution in [0.15, 0.2) is 6.20 Å². The van der Waals surface area contributed by atoms with Gasteiger partial charge in [0.05, 0.1) is 6.20 Å². The zero-order valence-electron chi connectivity index (χ0n) is 11.0. The fraction of sp³-hybridized carbons (Fsp3) is 0.769. The van der Waals surface area contributed by atoms with E-state index in [9.17, 15) is 0 Å². The molecule has 0 fully saturated rings. The molecule has 90 valence electrons. The maximum Gasteiger partial charge on any atom is 0.0528 e. The average Bonchev–Trinajstić information content (AvgIpc) is 2.58. The molecule has 1 aliphatic rings. The molecule has 0 spiro atoms. The Morgan fingerprint density at radius 2 is 2.12 bits per heavy atom. The minimum absolute atomic E-state index is 0.0370. The predicted octanol–water partition coefficient (Wildman–Crippen LogP) is 2.23. The van der Waals surface area contributed by atoms with Crippen LogP contribution in [0, 0.1) is 11.3 Å². The molecule has 3 nitrogen and oxygen atoms in total. The van der Waals surface area contributed by atoms with E-state index >= 15 is 0 Å². The summed E-state index contributed by atoms with van der Waals surface area (Å²) in [6, 6.07) is 0.191. The molecule has 0 radical (unpaired) electrons. The lowest BCUT2D eigenvalue weighted by molar-refractivity contribution is 0.102. The number of fused-ring (bicyclic) bond motifs is 1. The number of hydrogen-bond donors (Lipinski definition) is 2. The summed E-state index contributed by atoms with van der Waals surface area (Å²) in [6.07, 6.45) is 2.90. The van der Waals surface area contributed by atoms with Crippen molar-refractivity contribution in [1.29, 1.82) is 0 Å². The Morgan fingerprint density at radius 3 is 2.62 bits per heavy atom. The van der Waals surface area contributed by atoms with Crippen molar-refractivity contribution in [2.24, 2.45) is 17.1 Å². The molecule has 0 bridgehead atoms. The minimum Gasteiger partial charge on any atom is -0.327 e. The zero-order valence-corrected chi connectivity index (χ0v) is 11.0. The topological polar surface area (TPSA) is 54.7 Å². The lowest BCUT2D eigenvalue weighted by Gasteiger charge is -2.48. The van der Waals surface area contributed by atoms with Crippen LogP contribution in [0.1, 0.15) is 45.9 Å². The van der Waals surface area contributed by atoms with Gasteiger partial charge in [0.2, 0.25) is 0 Å². The lowest BCUT2D eigenvalue weighted by Crippen LogP contribution is -2.54. The predicted molar refractivity (Wildman–Crippen MR) is 66.2 cm³/mol. The summed E-state index contributed by atoms with van der Waals surface area (Å²) in [6.45, 7) is 11.4. The Labute approximate surface area is 97.8 Å². The Kier molecular flexibility index (Phi) is 2.42. The standard InChI is InChI=1S/C13H23N3/c1-8(2)13(12(3,4)5)9-7-15-16-10(9)6-11(13)14/h7-8,11H,6,14H2,1-5H3,(H,15,16). The van der Waals surface area contributed by atoms with E-state index in [2.05, 4.69) is 44.8 Å². The van der Waals surface area contributed by atoms with Crippen molar-refractivity contribution >= 4 is 0 Å². The molecule has 2 atom stereocenters. The van der Waals surface area contributed by atoms with E-state index in [1.807, 2.05) is 6.20 Å². The van der Waals surface area contributed by atoms with Gasteiger partial charge < -0.3 is 5.73 Å². The van der Waals surface area contributed by atoms with E-state index in [1.54, 1.807) is 0 Å². The number of aromatic amines is 1. The molecule has 0 saturated carbocycles. The Balaban J connectivity index is 2.65. The van der Waals surface area contributed by atoms with Crippen molar-refractivity contribution in [2.45, 2.75) is 52.5 Å². The van der Waals surface area contributed by atoms with Crippen LogP contribution in [0.2, 0.25) is 0 Å². The highest BCUT2D eigenvalue weighted by atomic mass is 15.1. The fourth-order valence-electron chi connectivity index (χ4n) is 3.97. The molecule has 0 aromatic carbocycles. The highest BCUT2D eigenvalue weighted by Crippen LogP contribution is 2.53. The molecular weight excluding hydrogens is 198 g/mol. The molecule has 3 heteroatoms. The van der Waals surface area contributed by atoms with Crippen molar-refractivity contribution in [2.75, 3.05) is 0 Å². The second-order valence-electron chi connectivity index (χ2n) is 6.35. The van der Waals surface area contributed by atoms with Crippen LogP contribution in [0.3, 0.4) is 0 Å². The first kappa shape index (κ1) is 11.6. The molecule has 16 heavy (non-hydrogen) atoms. The van der Waals surface area contributed by atoms with E-state index in [0.29, 0.717) is 5.92 Å². The van der Waals surface area contributed by atoms with Crippen LogP contribution in [-0.4, -0.2) is 16.2 Å². The molecule has 2 rings (SSSR count). The van der Waals surface area contributed by atoms with Crippen molar-refractivity contribution in [3.63, 3.8) is 0 Å². The number of aromatic nitrogens is 2. The molecular formula is C13H23N3. The first-order valence-corrected chi connectivity index (χ1v) is 6.10. The van der Waals surface area contributed by atoms with E-state index in [0.717, 1.165) is 6.42 Å². The van der Waals surface area contributed by atoms with Crippen molar-refractivity contribution in [3.8, 4) is 0 Å². The van der Waals surface area contributed by atoms with Gasteiger partial charge in [-0.1, -0.05) is 34.6 Å². The van der Waals surface area contributed by atoms with Gasteiger partial charge in [0.1, 0.15) is 0 Å². The molecule has 0 aliphatic heterocycles. The monoisotopic (exact) mass is 221 g/mol. The largest absolute Gasteiger partial charge is 0.327 e. The third kappa shape index (κ3) is 1.21. The van der Waals surface area contributed by atoms with Gasteiger partial charge in [-0.25, -0.2) is 0 Å². The van der Waals surface area contributed by atoms with Crippen LogP contribution in [0.25, 0.3) is 0 Å². The number of rotatable bonds is 1. The van der Waals surface area contributed by atoms with Crippen molar-refractivity contribution in [3.05, 3.63) is 17.5 Å². The van der Waals surface area contributed by atoms with Crippen LogP contribution in [0.5, 0.6) is 0 Å².